The maximum absolute atomic E-state index is 14.1. The van der Waals surface area contributed by atoms with E-state index in [2.05, 4.69) is 9.88 Å². The maximum atomic E-state index is 14.1. The predicted molar refractivity (Wildman–Crippen MR) is 75.7 cm³/mol. The number of rotatable bonds is 1. The van der Waals surface area contributed by atoms with E-state index < -0.39 is 11.8 Å². The van der Waals surface area contributed by atoms with Gasteiger partial charge in [0.1, 0.15) is 11.3 Å². The summed E-state index contributed by atoms with van der Waals surface area (Å²) in [4.78, 5) is 18.5. The molecule has 2 aliphatic heterocycles. The minimum absolute atomic E-state index is 0.149. The molecule has 4 rings (SSSR count). The summed E-state index contributed by atoms with van der Waals surface area (Å²) in [5.74, 6) is -1.45. The Kier molecular flexibility index (Phi) is 2.72. The van der Waals surface area contributed by atoms with Crippen molar-refractivity contribution < 1.29 is 14.3 Å². The quantitative estimate of drug-likeness (QED) is 0.875. The van der Waals surface area contributed by atoms with Crippen LogP contribution in [0.3, 0.4) is 0 Å². The fourth-order valence-electron chi connectivity index (χ4n) is 3.68. The van der Waals surface area contributed by atoms with Gasteiger partial charge in [0, 0.05) is 17.5 Å². The van der Waals surface area contributed by atoms with E-state index in [0.717, 1.165) is 37.1 Å². The highest BCUT2D eigenvalue weighted by Gasteiger charge is 2.37. The second-order valence-corrected chi connectivity index (χ2v) is 5.77. The summed E-state index contributed by atoms with van der Waals surface area (Å²) < 4.78 is 14.1. The molecule has 0 radical (unpaired) electrons. The zero-order valence-electron chi connectivity index (χ0n) is 11.5. The Morgan fingerprint density at radius 1 is 1.38 bits per heavy atom. The Morgan fingerprint density at radius 3 is 3.05 bits per heavy atom. The lowest BCUT2D eigenvalue weighted by molar-refractivity contribution is 0.0697. The molecule has 1 atom stereocenters. The van der Waals surface area contributed by atoms with Gasteiger partial charge in [-0.25, -0.2) is 14.2 Å². The van der Waals surface area contributed by atoms with E-state index in [9.17, 15) is 14.3 Å². The molecule has 4 nitrogen and oxygen atoms in total. The third-order valence-electron chi connectivity index (χ3n) is 4.60. The van der Waals surface area contributed by atoms with Gasteiger partial charge in [-0.3, -0.25) is 4.90 Å². The molecule has 5 heteroatoms. The van der Waals surface area contributed by atoms with E-state index in [0.29, 0.717) is 11.9 Å². The first-order valence-electron chi connectivity index (χ1n) is 7.25. The summed E-state index contributed by atoms with van der Waals surface area (Å²) in [5, 5.41) is 10.0. The van der Waals surface area contributed by atoms with Gasteiger partial charge in [-0.05, 0) is 25.5 Å². The van der Waals surface area contributed by atoms with Crippen molar-refractivity contribution in [3.63, 3.8) is 0 Å². The number of piperidine rings is 1. The standard InChI is InChI=1S/C16H15FN2O2/c17-11-5-3-4-9-13(16(20)21)10-8-19-7-2-1-6-12(19)15(10)18-14(9)11/h3-5,12H,1-2,6-8H2,(H,20,21). The molecule has 2 aliphatic rings. The number of pyridine rings is 1. The monoisotopic (exact) mass is 286 g/mol. The summed E-state index contributed by atoms with van der Waals surface area (Å²) in [7, 11) is 0. The van der Waals surface area contributed by atoms with Crippen molar-refractivity contribution >= 4 is 16.9 Å². The average Bonchev–Trinajstić information content (AvgIpc) is 2.83. The van der Waals surface area contributed by atoms with Gasteiger partial charge in [0.15, 0.2) is 0 Å². The molecule has 1 saturated heterocycles. The van der Waals surface area contributed by atoms with Crippen molar-refractivity contribution in [2.75, 3.05) is 6.54 Å². The number of aromatic nitrogens is 1. The lowest BCUT2D eigenvalue weighted by Crippen LogP contribution is -2.27. The molecule has 1 unspecified atom stereocenters. The second kappa shape index (κ2) is 4.49. The van der Waals surface area contributed by atoms with Crippen LogP contribution >= 0.6 is 0 Å². The van der Waals surface area contributed by atoms with Gasteiger partial charge in [-0.15, -0.1) is 0 Å². The lowest BCUT2D eigenvalue weighted by Gasteiger charge is -2.28. The highest BCUT2D eigenvalue weighted by atomic mass is 19.1. The van der Waals surface area contributed by atoms with Crippen LogP contribution in [-0.4, -0.2) is 27.5 Å². The van der Waals surface area contributed by atoms with Crippen LogP contribution in [0.15, 0.2) is 18.2 Å². The van der Waals surface area contributed by atoms with Gasteiger partial charge < -0.3 is 5.11 Å². The number of hydrogen-bond acceptors (Lipinski definition) is 3. The van der Waals surface area contributed by atoms with Crippen LogP contribution in [0, 0.1) is 5.82 Å². The number of carbonyl (C=O) groups is 1. The number of para-hydroxylation sites is 1. The van der Waals surface area contributed by atoms with Crippen molar-refractivity contribution in [1.82, 2.24) is 9.88 Å². The van der Waals surface area contributed by atoms with Gasteiger partial charge >= 0.3 is 5.97 Å². The van der Waals surface area contributed by atoms with Gasteiger partial charge in [0.25, 0.3) is 0 Å². The molecule has 3 heterocycles. The average molecular weight is 286 g/mol. The van der Waals surface area contributed by atoms with Crippen LogP contribution in [0.4, 0.5) is 4.39 Å². The van der Waals surface area contributed by atoms with Gasteiger partial charge in [-0.2, -0.15) is 0 Å². The molecule has 0 bridgehead atoms. The summed E-state index contributed by atoms with van der Waals surface area (Å²) in [5.41, 5.74) is 1.95. The molecule has 2 aromatic rings. The van der Waals surface area contributed by atoms with E-state index in [-0.39, 0.29) is 17.1 Å². The third-order valence-corrected chi connectivity index (χ3v) is 4.60. The molecule has 0 amide bonds. The molecule has 1 N–H and O–H groups in total. The van der Waals surface area contributed by atoms with Crippen LogP contribution < -0.4 is 0 Å². The third kappa shape index (κ3) is 1.77. The molecular weight excluding hydrogens is 271 g/mol. The van der Waals surface area contributed by atoms with Crippen LogP contribution in [0.25, 0.3) is 10.9 Å². The number of benzene rings is 1. The Balaban J connectivity index is 2.04. The summed E-state index contributed by atoms with van der Waals surface area (Å²) in [6.07, 6.45) is 3.21. The molecule has 0 spiro atoms. The number of hydrogen-bond donors (Lipinski definition) is 1. The van der Waals surface area contributed by atoms with E-state index in [1.54, 1.807) is 12.1 Å². The van der Waals surface area contributed by atoms with Crippen LogP contribution in [0.5, 0.6) is 0 Å². The van der Waals surface area contributed by atoms with Gasteiger partial charge in [0.2, 0.25) is 0 Å². The van der Waals surface area contributed by atoms with Crippen LogP contribution in [0.1, 0.15) is 46.9 Å². The molecule has 1 aromatic heterocycles. The van der Waals surface area contributed by atoms with Crippen molar-refractivity contribution in [2.24, 2.45) is 0 Å². The van der Waals surface area contributed by atoms with Gasteiger partial charge in [0.05, 0.1) is 17.3 Å². The van der Waals surface area contributed by atoms with Crippen LogP contribution in [0.2, 0.25) is 0 Å². The Labute approximate surface area is 121 Å². The zero-order chi connectivity index (χ0) is 14.6. The minimum atomic E-state index is -0.996. The summed E-state index contributed by atoms with van der Waals surface area (Å²) >= 11 is 0. The topological polar surface area (TPSA) is 53.4 Å². The number of halogens is 1. The highest BCUT2D eigenvalue weighted by Crippen LogP contribution is 2.42. The molecule has 0 saturated carbocycles. The van der Waals surface area contributed by atoms with Crippen molar-refractivity contribution in [1.29, 1.82) is 0 Å². The molecule has 108 valence electrons. The first-order valence-corrected chi connectivity index (χ1v) is 7.25. The molecule has 0 aliphatic carbocycles. The van der Waals surface area contributed by atoms with Crippen LogP contribution in [-0.2, 0) is 6.54 Å². The predicted octanol–water partition coefficient (Wildman–Crippen LogP) is 3.11. The van der Waals surface area contributed by atoms with E-state index in [1.165, 1.54) is 6.07 Å². The second-order valence-electron chi connectivity index (χ2n) is 5.77. The Morgan fingerprint density at radius 2 is 2.24 bits per heavy atom. The number of fused-ring (bicyclic) bond motifs is 4. The maximum Gasteiger partial charge on any atom is 0.336 e. The van der Waals surface area contributed by atoms with E-state index >= 15 is 0 Å². The Hall–Kier alpha value is -2.01. The Bertz CT molecular complexity index is 760. The molecular formula is C16H15FN2O2. The number of carboxylic acids is 1. The number of carboxylic acid groups (broad SMARTS) is 1. The van der Waals surface area contributed by atoms with E-state index in [1.807, 2.05) is 0 Å². The first-order chi connectivity index (χ1) is 10.2. The van der Waals surface area contributed by atoms with E-state index in [4.69, 9.17) is 0 Å². The summed E-state index contributed by atoms with van der Waals surface area (Å²) in [6.45, 7) is 1.57. The number of aromatic carboxylic acids is 1. The fourth-order valence-corrected chi connectivity index (χ4v) is 3.68. The van der Waals surface area contributed by atoms with Gasteiger partial charge in [-0.1, -0.05) is 18.6 Å². The largest absolute Gasteiger partial charge is 0.478 e. The molecule has 1 fully saturated rings. The normalized spacial score (nSPS) is 21.3. The SMILES string of the molecule is O=C(O)c1c2c(nc3c(F)cccc13)C1CCCCN1C2. The smallest absolute Gasteiger partial charge is 0.336 e. The minimum Gasteiger partial charge on any atom is -0.478 e. The fraction of sp³-hybridized carbons (Fsp3) is 0.375. The zero-order valence-corrected chi connectivity index (χ0v) is 11.5. The molecule has 21 heavy (non-hydrogen) atoms. The number of nitrogens with zero attached hydrogens (tertiary/aromatic N) is 2. The van der Waals surface area contributed by atoms with Crippen molar-refractivity contribution in [3.8, 4) is 0 Å². The summed E-state index contributed by atoms with van der Waals surface area (Å²) in [6, 6.07) is 4.67. The first kappa shape index (κ1) is 12.7. The van der Waals surface area contributed by atoms with Crippen molar-refractivity contribution in [2.45, 2.75) is 31.8 Å². The highest BCUT2D eigenvalue weighted by molar-refractivity contribution is 6.04. The lowest BCUT2D eigenvalue weighted by atomic mass is 9.97. The molecule has 1 aromatic carbocycles. The van der Waals surface area contributed by atoms with Crippen molar-refractivity contribution in [3.05, 3.63) is 40.8 Å².